The lowest BCUT2D eigenvalue weighted by molar-refractivity contribution is -0.278. The third-order valence-corrected chi connectivity index (χ3v) is 5.69. The van der Waals surface area contributed by atoms with Gasteiger partial charge in [-0.25, -0.2) is 0 Å². The molecule has 0 bridgehead atoms. The lowest BCUT2D eigenvalue weighted by atomic mass is 9.99. The van der Waals surface area contributed by atoms with Crippen LogP contribution in [-0.2, 0) is 14.2 Å². The average molecular weight is 476 g/mol. The van der Waals surface area contributed by atoms with Crippen molar-refractivity contribution in [1.29, 1.82) is 0 Å². The van der Waals surface area contributed by atoms with Gasteiger partial charge >= 0.3 is 0 Å². The van der Waals surface area contributed by atoms with E-state index in [1.807, 2.05) is 0 Å². The number of fused-ring (bicyclic) bond motifs is 1. The lowest BCUT2D eigenvalue weighted by Gasteiger charge is -2.42. The molecule has 3 aromatic rings. The Morgan fingerprint density at radius 2 is 1.62 bits per heavy atom. The summed E-state index contributed by atoms with van der Waals surface area (Å²) in [4.78, 5) is 13.5. The number of phenols is 4. The Hall–Kier alpha value is -3.51. The van der Waals surface area contributed by atoms with Crippen LogP contribution in [0, 0.1) is 0 Å². The molecule has 11 nitrogen and oxygen atoms in total. The molecule has 0 saturated carbocycles. The molecule has 1 fully saturated rings. The molecule has 5 N–H and O–H groups in total. The van der Waals surface area contributed by atoms with E-state index >= 15 is 0 Å². The Kier molecular flexibility index (Phi) is 6.28. The van der Waals surface area contributed by atoms with E-state index < -0.39 is 59.1 Å². The van der Waals surface area contributed by atoms with Crippen molar-refractivity contribution in [2.45, 2.75) is 37.6 Å². The van der Waals surface area contributed by atoms with Gasteiger partial charge in [0.05, 0.1) is 6.10 Å². The number of ether oxygens (including phenoxy) is 4. The van der Waals surface area contributed by atoms with Crippen LogP contribution in [0.5, 0.6) is 28.7 Å². The highest BCUT2D eigenvalue weighted by molar-refractivity contribution is 5.88. The van der Waals surface area contributed by atoms with E-state index in [4.69, 9.17) is 23.4 Å². The molecule has 0 unspecified atom stereocenters. The Morgan fingerprint density at radius 1 is 0.912 bits per heavy atom. The van der Waals surface area contributed by atoms with Crippen LogP contribution in [0.3, 0.4) is 0 Å². The standard InChI is InChI=1S/C23H24O11/c1-9-17(28)20(30-2)22(31-3)23(32-9)34-21-18(29)16-14(27)7-11(24)8-15(16)33-19(21)10-4-5-12(25)13(26)6-10/h4-9,17,20,22-28H,1-3H3/t9-,17-,20+,22+,23-/m0/s1. The first-order chi connectivity index (χ1) is 16.2. The van der Waals surface area contributed by atoms with Gasteiger partial charge < -0.3 is 48.9 Å². The molecule has 2 aromatic carbocycles. The molecule has 1 saturated heterocycles. The van der Waals surface area contributed by atoms with Crippen molar-refractivity contribution in [1.82, 2.24) is 0 Å². The number of rotatable bonds is 5. The van der Waals surface area contributed by atoms with Crippen LogP contribution in [-0.4, -0.2) is 70.5 Å². The van der Waals surface area contributed by atoms with Crippen molar-refractivity contribution in [3.63, 3.8) is 0 Å². The molecule has 182 valence electrons. The summed E-state index contributed by atoms with van der Waals surface area (Å²) < 4.78 is 28.3. The van der Waals surface area contributed by atoms with Crippen molar-refractivity contribution >= 4 is 11.0 Å². The van der Waals surface area contributed by atoms with Gasteiger partial charge in [0.15, 0.2) is 17.3 Å². The first kappa shape index (κ1) is 23.6. The second-order valence-electron chi connectivity index (χ2n) is 7.85. The third-order valence-electron chi connectivity index (χ3n) is 5.69. The van der Waals surface area contributed by atoms with Crippen LogP contribution in [0.25, 0.3) is 22.3 Å². The summed E-state index contributed by atoms with van der Waals surface area (Å²) in [5, 5.41) is 49.9. The van der Waals surface area contributed by atoms with Crippen LogP contribution in [0.4, 0.5) is 0 Å². The largest absolute Gasteiger partial charge is 0.508 e. The van der Waals surface area contributed by atoms with Crippen LogP contribution < -0.4 is 10.2 Å². The maximum absolute atomic E-state index is 13.5. The number of aliphatic hydroxyl groups excluding tert-OH is 1. The third kappa shape index (κ3) is 3.99. The first-order valence-corrected chi connectivity index (χ1v) is 10.3. The highest BCUT2D eigenvalue weighted by atomic mass is 16.7. The van der Waals surface area contributed by atoms with Gasteiger partial charge in [0.25, 0.3) is 0 Å². The van der Waals surface area contributed by atoms with Gasteiger partial charge in [-0.2, -0.15) is 0 Å². The van der Waals surface area contributed by atoms with E-state index in [1.54, 1.807) is 6.92 Å². The second-order valence-corrected chi connectivity index (χ2v) is 7.85. The number of hydrogen-bond acceptors (Lipinski definition) is 11. The monoisotopic (exact) mass is 476 g/mol. The zero-order valence-corrected chi connectivity index (χ0v) is 18.5. The van der Waals surface area contributed by atoms with Crippen molar-refractivity contribution in [2.24, 2.45) is 0 Å². The van der Waals surface area contributed by atoms with E-state index in [1.165, 1.54) is 26.4 Å². The van der Waals surface area contributed by atoms with Gasteiger partial charge in [0.1, 0.15) is 40.8 Å². The van der Waals surface area contributed by atoms with E-state index in [2.05, 4.69) is 0 Å². The predicted octanol–water partition coefficient (Wildman–Crippen LogP) is 1.80. The summed E-state index contributed by atoms with van der Waals surface area (Å²) in [5.74, 6) is -2.34. The molecule has 2 heterocycles. The highest BCUT2D eigenvalue weighted by Gasteiger charge is 2.46. The molecule has 0 aliphatic carbocycles. The molecule has 4 rings (SSSR count). The number of phenolic OH excluding ortho intramolecular Hbond substituents is 4. The predicted molar refractivity (Wildman–Crippen MR) is 117 cm³/mol. The van der Waals surface area contributed by atoms with Crippen LogP contribution in [0.1, 0.15) is 6.92 Å². The van der Waals surface area contributed by atoms with Gasteiger partial charge in [-0.15, -0.1) is 0 Å². The summed E-state index contributed by atoms with van der Waals surface area (Å²) >= 11 is 0. The average Bonchev–Trinajstić information content (AvgIpc) is 2.78. The molecular formula is C23H24O11. The highest BCUT2D eigenvalue weighted by Crippen LogP contribution is 2.39. The van der Waals surface area contributed by atoms with Crippen molar-refractivity contribution < 1.29 is 48.9 Å². The van der Waals surface area contributed by atoms with Crippen molar-refractivity contribution in [3.8, 4) is 40.1 Å². The van der Waals surface area contributed by atoms with Crippen LogP contribution in [0.2, 0.25) is 0 Å². The quantitative estimate of drug-likeness (QED) is 0.340. The molecule has 0 radical (unpaired) electrons. The minimum atomic E-state index is -1.24. The number of hydrogen-bond donors (Lipinski definition) is 5. The molecule has 5 atom stereocenters. The maximum atomic E-state index is 13.5. The van der Waals surface area contributed by atoms with E-state index in [9.17, 15) is 30.3 Å². The first-order valence-electron chi connectivity index (χ1n) is 10.3. The molecule has 34 heavy (non-hydrogen) atoms. The summed E-state index contributed by atoms with van der Waals surface area (Å²) in [6, 6.07) is 5.82. The van der Waals surface area contributed by atoms with Gasteiger partial charge in [-0.3, -0.25) is 4.79 Å². The molecule has 11 heteroatoms. The Bertz CT molecular complexity index is 1270. The van der Waals surface area contributed by atoms with Crippen molar-refractivity contribution in [2.75, 3.05) is 14.2 Å². The maximum Gasteiger partial charge on any atom is 0.239 e. The Balaban J connectivity index is 1.92. The minimum Gasteiger partial charge on any atom is -0.508 e. The topological polar surface area (TPSA) is 168 Å². The van der Waals surface area contributed by atoms with E-state index in [0.717, 1.165) is 18.2 Å². The minimum absolute atomic E-state index is 0.147. The smallest absolute Gasteiger partial charge is 0.239 e. The van der Waals surface area contributed by atoms with E-state index in [0.29, 0.717) is 0 Å². The lowest BCUT2D eigenvalue weighted by Crippen LogP contribution is -2.59. The van der Waals surface area contributed by atoms with E-state index in [-0.39, 0.29) is 28.0 Å². The summed E-state index contributed by atoms with van der Waals surface area (Å²) in [6.45, 7) is 1.59. The fraction of sp³-hybridized carbons (Fsp3) is 0.348. The molecule has 1 aromatic heterocycles. The number of methoxy groups -OCH3 is 2. The van der Waals surface area contributed by atoms with Gasteiger partial charge in [0.2, 0.25) is 17.5 Å². The SMILES string of the molecule is CO[C@@H]1[C@@H](O)[C@H](C)O[C@@H](Oc2c(-c3ccc(O)c(O)c3)oc3cc(O)cc(O)c3c2=O)[C@@H]1OC. The van der Waals surface area contributed by atoms with Crippen LogP contribution >= 0.6 is 0 Å². The fourth-order valence-corrected chi connectivity index (χ4v) is 3.95. The fourth-order valence-electron chi connectivity index (χ4n) is 3.95. The summed E-state index contributed by atoms with van der Waals surface area (Å²) in [5.41, 5.74) is -0.801. The Labute approximate surface area is 192 Å². The zero-order chi connectivity index (χ0) is 24.7. The number of aliphatic hydroxyl groups is 1. The molecule has 0 amide bonds. The number of benzene rings is 2. The molecule has 1 aliphatic rings. The molecule has 0 spiro atoms. The van der Waals surface area contributed by atoms with Gasteiger partial charge in [-0.05, 0) is 25.1 Å². The second kappa shape index (κ2) is 9.03. The van der Waals surface area contributed by atoms with Gasteiger partial charge in [-0.1, -0.05) is 0 Å². The van der Waals surface area contributed by atoms with Gasteiger partial charge in [0, 0.05) is 31.9 Å². The Morgan fingerprint density at radius 3 is 2.26 bits per heavy atom. The normalized spacial score (nSPS) is 24.9. The summed E-state index contributed by atoms with van der Waals surface area (Å²) in [7, 11) is 2.74. The van der Waals surface area contributed by atoms with Crippen LogP contribution in [0.15, 0.2) is 39.5 Å². The number of aromatic hydroxyl groups is 4. The van der Waals surface area contributed by atoms with Crippen molar-refractivity contribution in [3.05, 3.63) is 40.6 Å². The molecular weight excluding hydrogens is 452 g/mol. The zero-order valence-electron chi connectivity index (χ0n) is 18.5. The molecule has 1 aliphatic heterocycles. The summed E-state index contributed by atoms with van der Waals surface area (Å²) in [6.07, 6.45) is -4.83.